The van der Waals surface area contributed by atoms with E-state index in [0.29, 0.717) is 19.4 Å². The molecule has 0 aromatic heterocycles. The van der Waals surface area contributed by atoms with E-state index in [2.05, 4.69) is 40.2 Å². The summed E-state index contributed by atoms with van der Waals surface area (Å²) in [6.45, 7) is 0.632. The molecule has 2 aromatic carbocycles. The van der Waals surface area contributed by atoms with E-state index in [9.17, 15) is 9.59 Å². The van der Waals surface area contributed by atoms with Crippen molar-refractivity contribution in [2.75, 3.05) is 11.9 Å². The first-order chi connectivity index (χ1) is 14.2. The average molecular weight is 392 g/mol. The number of carbonyl (C=O) groups excluding carboxylic acids is 2. The third-order valence-corrected chi connectivity index (χ3v) is 5.89. The number of rotatable bonds is 7. The van der Waals surface area contributed by atoms with Crippen molar-refractivity contribution in [1.82, 2.24) is 10.6 Å². The minimum Gasteiger partial charge on any atom is -0.352 e. The summed E-state index contributed by atoms with van der Waals surface area (Å²) in [7, 11) is 0. The van der Waals surface area contributed by atoms with Crippen LogP contribution < -0.4 is 16.0 Å². The second-order valence-corrected chi connectivity index (χ2v) is 8.13. The number of benzene rings is 2. The monoisotopic (exact) mass is 391 g/mol. The van der Waals surface area contributed by atoms with E-state index >= 15 is 0 Å². The summed E-state index contributed by atoms with van der Waals surface area (Å²) in [5, 5.41) is 9.33. The summed E-state index contributed by atoms with van der Waals surface area (Å²) in [5.41, 5.74) is 4.87. The number of hydrogen-bond donors (Lipinski definition) is 3. The molecule has 2 aromatic rings. The Morgan fingerprint density at radius 2 is 1.86 bits per heavy atom. The molecule has 0 saturated carbocycles. The zero-order chi connectivity index (χ0) is 20.1. The molecule has 0 spiro atoms. The van der Waals surface area contributed by atoms with Crippen molar-refractivity contribution in [2.45, 2.75) is 57.0 Å². The van der Waals surface area contributed by atoms with Crippen LogP contribution in [0.1, 0.15) is 42.4 Å². The van der Waals surface area contributed by atoms with Gasteiger partial charge in [0.1, 0.15) is 0 Å². The molecule has 3 N–H and O–H groups in total. The molecule has 4 rings (SSSR count). The Labute approximate surface area is 172 Å². The molecule has 5 heteroatoms. The Morgan fingerprint density at radius 3 is 2.72 bits per heavy atom. The molecule has 29 heavy (non-hydrogen) atoms. The second-order valence-electron chi connectivity index (χ2n) is 8.13. The van der Waals surface area contributed by atoms with E-state index < -0.39 is 0 Å². The van der Waals surface area contributed by atoms with Crippen LogP contribution in [0.2, 0.25) is 0 Å². The number of aryl methyl sites for hydroxylation is 3. The molecule has 2 amide bonds. The van der Waals surface area contributed by atoms with Gasteiger partial charge < -0.3 is 16.0 Å². The molecule has 1 fully saturated rings. The van der Waals surface area contributed by atoms with Crippen molar-refractivity contribution in [1.29, 1.82) is 0 Å². The zero-order valence-corrected chi connectivity index (χ0v) is 16.7. The lowest BCUT2D eigenvalue weighted by Crippen LogP contribution is -2.36. The van der Waals surface area contributed by atoms with Gasteiger partial charge >= 0.3 is 0 Å². The average Bonchev–Trinajstić information content (AvgIpc) is 3.38. The summed E-state index contributed by atoms with van der Waals surface area (Å²) in [6, 6.07) is 16.2. The smallest absolute Gasteiger partial charge is 0.241 e. The van der Waals surface area contributed by atoms with E-state index in [1.807, 2.05) is 24.3 Å². The first-order valence-electron chi connectivity index (χ1n) is 10.7. The van der Waals surface area contributed by atoms with Crippen molar-refractivity contribution in [3.05, 3.63) is 65.2 Å². The van der Waals surface area contributed by atoms with Gasteiger partial charge in [-0.2, -0.15) is 0 Å². The van der Waals surface area contributed by atoms with Crippen LogP contribution in [0.3, 0.4) is 0 Å². The van der Waals surface area contributed by atoms with Gasteiger partial charge in [0.25, 0.3) is 0 Å². The predicted octanol–water partition coefficient (Wildman–Crippen LogP) is 2.98. The molecule has 2 aliphatic rings. The molecule has 1 heterocycles. The van der Waals surface area contributed by atoms with Crippen LogP contribution in [-0.4, -0.2) is 30.4 Å². The highest BCUT2D eigenvalue weighted by molar-refractivity contribution is 5.95. The van der Waals surface area contributed by atoms with Crippen molar-refractivity contribution < 1.29 is 9.59 Å². The Hall–Kier alpha value is -2.66. The van der Waals surface area contributed by atoms with Crippen LogP contribution in [0.25, 0.3) is 0 Å². The molecule has 1 aliphatic heterocycles. The fraction of sp³-hybridized carbons (Fsp3) is 0.417. The van der Waals surface area contributed by atoms with Crippen LogP contribution >= 0.6 is 0 Å². The van der Waals surface area contributed by atoms with Crippen molar-refractivity contribution in [3.63, 3.8) is 0 Å². The van der Waals surface area contributed by atoms with E-state index in [-0.39, 0.29) is 23.9 Å². The van der Waals surface area contributed by atoms with Crippen LogP contribution in [0, 0.1) is 0 Å². The van der Waals surface area contributed by atoms with Crippen LogP contribution in [0.15, 0.2) is 48.5 Å². The van der Waals surface area contributed by atoms with Gasteiger partial charge in [0.15, 0.2) is 0 Å². The number of anilines is 1. The quantitative estimate of drug-likeness (QED) is 0.680. The molecule has 1 aliphatic carbocycles. The molecule has 0 bridgehead atoms. The predicted molar refractivity (Wildman–Crippen MR) is 115 cm³/mol. The Kier molecular flexibility index (Phi) is 6.25. The standard InChI is InChI=1S/C24H29N3O2/c28-23(11-4-8-17-6-2-1-3-7-17)26-21-15-22(25-16-21)24(29)27-20-13-12-18-9-5-10-19(18)14-20/h1-3,6-7,12-14,21-22,25H,4-5,8-11,15-16H2,(H,26,28)(H,27,29). The topological polar surface area (TPSA) is 70.2 Å². The van der Waals surface area contributed by atoms with Crippen molar-refractivity contribution in [2.24, 2.45) is 0 Å². The number of carbonyl (C=O) groups is 2. The number of amides is 2. The van der Waals surface area contributed by atoms with E-state index in [1.54, 1.807) is 0 Å². The van der Waals surface area contributed by atoms with Gasteiger partial charge in [-0.25, -0.2) is 0 Å². The van der Waals surface area contributed by atoms with E-state index in [4.69, 9.17) is 0 Å². The lowest BCUT2D eigenvalue weighted by Gasteiger charge is -2.13. The molecular formula is C24H29N3O2. The lowest BCUT2D eigenvalue weighted by molar-refractivity contribution is -0.122. The second kappa shape index (κ2) is 9.23. The van der Waals surface area contributed by atoms with Gasteiger partial charge in [-0.3, -0.25) is 9.59 Å². The highest BCUT2D eigenvalue weighted by Gasteiger charge is 2.30. The SMILES string of the molecule is O=C(CCCc1ccccc1)NC1CNC(C(=O)Nc2ccc3c(c2)CCC3)C1. The maximum atomic E-state index is 12.6. The Morgan fingerprint density at radius 1 is 1.03 bits per heavy atom. The maximum absolute atomic E-state index is 12.6. The minimum absolute atomic E-state index is 0.00926. The van der Waals surface area contributed by atoms with Crippen molar-refractivity contribution >= 4 is 17.5 Å². The number of hydrogen-bond acceptors (Lipinski definition) is 3. The lowest BCUT2D eigenvalue weighted by atomic mass is 10.1. The first-order valence-corrected chi connectivity index (χ1v) is 10.7. The van der Waals surface area contributed by atoms with Crippen LogP contribution in [0.4, 0.5) is 5.69 Å². The molecule has 2 atom stereocenters. The fourth-order valence-electron chi connectivity index (χ4n) is 4.32. The van der Waals surface area contributed by atoms with Gasteiger partial charge in [0, 0.05) is 24.7 Å². The highest BCUT2D eigenvalue weighted by atomic mass is 16.2. The normalized spacial score (nSPS) is 20.3. The molecule has 1 saturated heterocycles. The number of nitrogens with one attached hydrogen (secondary N) is 3. The van der Waals surface area contributed by atoms with Crippen LogP contribution in [-0.2, 0) is 28.9 Å². The van der Waals surface area contributed by atoms with Crippen LogP contribution in [0.5, 0.6) is 0 Å². The Balaban J connectivity index is 1.19. The molecule has 152 valence electrons. The fourth-order valence-corrected chi connectivity index (χ4v) is 4.32. The van der Waals surface area contributed by atoms with Gasteiger partial charge in [0.2, 0.25) is 11.8 Å². The number of fused-ring (bicyclic) bond motifs is 1. The molecular weight excluding hydrogens is 362 g/mol. The summed E-state index contributed by atoms with van der Waals surface area (Å²) in [4.78, 5) is 24.8. The highest BCUT2D eigenvalue weighted by Crippen LogP contribution is 2.25. The van der Waals surface area contributed by atoms with Crippen molar-refractivity contribution in [3.8, 4) is 0 Å². The first kappa shape index (κ1) is 19.6. The Bertz CT molecular complexity index is 866. The third kappa shape index (κ3) is 5.24. The molecule has 0 radical (unpaired) electrons. The zero-order valence-electron chi connectivity index (χ0n) is 16.7. The molecule has 2 unspecified atom stereocenters. The van der Waals surface area contributed by atoms with E-state index in [1.165, 1.54) is 23.1 Å². The maximum Gasteiger partial charge on any atom is 0.241 e. The summed E-state index contributed by atoms with van der Waals surface area (Å²) in [6.07, 6.45) is 6.31. The summed E-state index contributed by atoms with van der Waals surface area (Å²) >= 11 is 0. The van der Waals surface area contributed by atoms with Gasteiger partial charge in [-0.15, -0.1) is 0 Å². The summed E-state index contributed by atoms with van der Waals surface area (Å²) < 4.78 is 0. The summed E-state index contributed by atoms with van der Waals surface area (Å²) in [5.74, 6) is 0.0381. The van der Waals surface area contributed by atoms with E-state index in [0.717, 1.165) is 31.4 Å². The van der Waals surface area contributed by atoms with Gasteiger partial charge in [-0.05, 0) is 67.3 Å². The van der Waals surface area contributed by atoms with Gasteiger partial charge in [-0.1, -0.05) is 36.4 Å². The minimum atomic E-state index is -0.266. The third-order valence-electron chi connectivity index (χ3n) is 5.89. The molecule has 5 nitrogen and oxygen atoms in total. The largest absolute Gasteiger partial charge is 0.352 e. The van der Waals surface area contributed by atoms with Gasteiger partial charge in [0.05, 0.1) is 6.04 Å².